The van der Waals surface area contributed by atoms with E-state index in [-0.39, 0.29) is 0 Å². The van der Waals surface area contributed by atoms with E-state index in [4.69, 9.17) is 0 Å². The Morgan fingerprint density at radius 2 is 0.519 bits per heavy atom. The van der Waals surface area contributed by atoms with E-state index in [1.165, 1.54) is 135 Å². The highest BCUT2D eigenvalue weighted by molar-refractivity contribution is 4.98. The summed E-state index contributed by atoms with van der Waals surface area (Å²) in [7, 11) is 0. The van der Waals surface area contributed by atoms with Gasteiger partial charge >= 0.3 is 0 Å². The maximum absolute atomic E-state index is 3.38. The molecule has 0 radical (unpaired) electrons. The summed E-state index contributed by atoms with van der Waals surface area (Å²) in [4.78, 5) is 0. The summed E-state index contributed by atoms with van der Waals surface area (Å²) >= 11 is 0. The average molecular weight is 377 g/mol. The van der Waals surface area contributed by atoms with Gasteiger partial charge < -0.3 is 0 Å². The van der Waals surface area contributed by atoms with Crippen LogP contribution >= 0.6 is 0 Å². The third-order valence-electron chi connectivity index (χ3n) is 5.69. The molecule has 0 rings (SSSR count). The highest BCUT2D eigenvalue weighted by Crippen LogP contribution is 2.14. The third kappa shape index (κ3) is 25.6. The molecule has 0 heteroatoms. The van der Waals surface area contributed by atoms with Crippen LogP contribution < -0.4 is 0 Å². The second-order valence-corrected chi connectivity index (χ2v) is 8.57. The molecule has 0 saturated heterocycles. The van der Waals surface area contributed by atoms with Crippen molar-refractivity contribution in [1.82, 2.24) is 0 Å². The predicted molar refractivity (Wildman–Crippen MR) is 125 cm³/mol. The highest BCUT2D eigenvalue weighted by Gasteiger charge is 1.94. The second kappa shape index (κ2) is 25.6. The van der Waals surface area contributed by atoms with E-state index < -0.39 is 0 Å². The first-order valence-electron chi connectivity index (χ1n) is 12.9. The predicted octanol–water partition coefficient (Wildman–Crippen LogP) is 10.0. The van der Waals surface area contributed by atoms with Crippen molar-refractivity contribution in [2.75, 3.05) is 0 Å². The van der Waals surface area contributed by atoms with Gasteiger partial charge in [-0.05, 0) is 12.8 Å². The second-order valence-electron chi connectivity index (χ2n) is 8.57. The van der Waals surface area contributed by atoms with Crippen molar-refractivity contribution in [1.29, 1.82) is 0 Å². The van der Waals surface area contributed by atoms with Crippen molar-refractivity contribution >= 4 is 0 Å². The summed E-state index contributed by atoms with van der Waals surface area (Å²) in [6.45, 7) is 4.57. The number of rotatable bonds is 21. The lowest BCUT2D eigenvalue weighted by atomic mass is 10.0. The van der Waals surface area contributed by atoms with Crippen LogP contribution in [0.4, 0.5) is 0 Å². The van der Waals surface area contributed by atoms with Crippen LogP contribution in [-0.4, -0.2) is 0 Å². The molecule has 0 aromatic carbocycles. The first-order chi connectivity index (χ1) is 13.4. The Morgan fingerprint density at radius 3 is 0.778 bits per heavy atom. The fraction of sp³-hybridized carbons (Fsp3) is 0.926. The Bertz CT molecular complexity index is 306. The molecule has 27 heavy (non-hydrogen) atoms. The van der Waals surface area contributed by atoms with Crippen LogP contribution in [0.1, 0.15) is 162 Å². The molecule has 0 aliphatic heterocycles. The van der Waals surface area contributed by atoms with Crippen molar-refractivity contribution in [3.05, 3.63) is 0 Å². The van der Waals surface area contributed by atoms with Crippen LogP contribution in [0, 0.1) is 11.8 Å². The normalized spacial score (nSPS) is 10.7. The molecule has 0 heterocycles. The van der Waals surface area contributed by atoms with Crippen LogP contribution in [0.5, 0.6) is 0 Å². The standard InChI is InChI=1S/C27H52/c1-3-5-7-9-11-13-15-17-19-21-23-25-27-26-24-22-20-18-16-14-12-10-8-6-4-2/h3-15,17,19-27H2,1-2H3. The van der Waals surface area contributed by atoms with Gasteiger partial charge in [-0.3, -0.25) is 0 Å². The quantitative estimate of drug-likeness (QED) is 0.138. The van der Waals surface area contributed by atoms with Crippen molar-refractivity contribution in [2.45, 2.75) is 162 Å². The van der Waals surface area contributed by atoms with E-state index >= 15 is 0 Å². The minimum atomic E-state index is 1.13. The Balaban J connectivity index is 3.05. The molecule has 0 N–H and O–H groups in total. The molecule has 0 atom stereocenters. The zero-order valence-corrected chi connectivity index (χ0v) is 19.3. The molecular formula is C27H52. The summed E-state index contributed by atoms with van der Waals surface area (Å²) in [5, 5.41) is 0. The van der Waals surface area contributed by atoms with Crippen molar-refractivity contribution < 1.29 is 0 Å². The van der Waals surface area contributed by atoms with Crippen LogP contribution in [0.15, 0.2) is 0 Å². The SMILES string of the molecule is CCCCCCCC#CCCCCCCCCCCCCCCCCCC. The fourth-order valence-electron chi connectivity index (χ4n) is 3.76. The first-order valence-corrected chi connectivity index (χ1v) is 12.9. The maximum Gasteiger partial charge on any atom is 0.00886 e. The van der Waals surface area contributed by atoms with Gasteiger partial charge in [-0.1, -0.05) is 136 Å². The summed E-state index contributed by atoms with van der Waals surface area (Å²) in [5.41, 5.74) is 0. The Morgan fingerprint density at radius 1 is 0.296 bits per heavy atom. The molecule has 0 aromatic heterocycles. The summed E-state index contributed by atoms with van der Waals surface area (Å²) in [6, 6.07) is 0. The van der Waals surface area contributed by atoms with Crippen LogP contribution in [-0.2, 0) is 0 Å². The van der Waals surface area contributed by atoms with E-state index in [0.717, 1.165) is 12.8 Å². The fourth-order valence-corrected chi connectivity index (χ4v) is 3.76. The number of hydrogen-bond donors (Lipinski definition) is 0. The van der Waals surface area contributed by atoms with Crippen LogP contribution in [0.25, 0.3) is 0 Å². The van der Waals surface area contributed by atoms with E-state index in [9.17, 15) is 0 Å². The third-order valence-corrected chi connectivity index (χ3v) is 5.69. The maximum atomic E-state index is 3.38. The molecule has 0 aromatic rings. The number of hydrogen-bond acceptors (Lipinski definition) is 0. The van der Waals surface area contributed by atoms with Crippen molar-refractivity contribution in [3.8, 4) is 11.8 Å². The van der Waals surface area contributed by atoms with Gasteiger partial charge in [0, 0.05) is 12.8 Å². The summed E-state index contributed by atoms with van der Waals surface area (Å²) in [5.74, 6) is 6.74. The van der Waals surface area contributed by atoms with Crippen LogP contribution in [0.3, 0.4) is 0 Å². The molecule has 0 aliphatic carbocycles. The van der Waals surface area contributed by atoms with Gasteiger partial charge in [0.05, 0.1) is 0 Å². The van der Waals surface area contributed by atoms with Gasteiger partial charge in [0.1, 0.15) is 0 Å². The largest absolute Gasteiger partial charge is 0.103 e. The molecule has 0 fully saturated rings. The lowest BCUT2D eigenvalue weighted by molar-refractivity contribution is 0.530. The summed E-state index contributed by atoms with van der Waals surface area (Å²) < 4.78 is 0. The number of unbranched alkanes of at least 4 members (excludes halogenated alkanes) is 21. The Hall–Kier alpha value is -0.440. The molecule has 160 valence electrons. The Kier molecular flexibility index (Phi) is 25.1. The van der Waals surface area contributed by atoms with E-state index in [1.807, 2.05) is 0 Å². The van der Waals surface area contributed by atoms with Gasteiger partial charge in [0.25, 0.3) is 0 Å². The van der Waals surface area contributed by atoms with Gasteiger partial charge in [-0.15, -0.1) is 11.8 Å². The molecule has 0 spiro atoms. The van der Waals surface area contributed by atoms with Gasteiger partial charge in [-0.25, -0.2) is 0 Å². The minimum Gasteiger partial charge on any atom is -0.103 e. The molecule has 0 amide bonds. The highest BCUT2D eigenvalue weighted by atomic mass is 14.0. The summed E-state index contributed by atoms with van der Waals surface area (Å²) in [6.07, 6.45) is 32.2. The molecule has 0 bridgehead atoms. The zero-order chi connectivity index (χ0) is 19.7. The van der Waals surface area contributed by atoms with Gasteiger partial charge in [-0.2, -0.15) is 0 Å². The first kappa shape index (κ1) is 26.6. The molecule has 0 aliphatic rings. The van der Waals surface area contributed by atoms with E-state index in [0.29, 0.717) is 0 Å². The van der Waals surface area contributed by atoms with Crippen molar-refractivity contribution in [3.63, 3.8) is 0 Å². The lowest BCUT2D eigenvalue weighted by Crippen LogP contribution is -1.83. The molecule has 0 nitrogen and oxygen atoms in total. The minimum absolute atomic E-state index is 1.13. The van der Waals surface area contributed by atoms with Crippen molar-refractivity contribution in [2.24, 2.45) is 0 Å². The smallest absolute Gasteiger partial charge is 0.00886 e. The topological polar surface area (TPSA) is 0 Å². The van der Waals surface area contributed by atoms with Gasteiger partial charge in [0.15, 0.2) is 0 Å². The average Bonchev–Trinajstić information content (AvgIpc) is 2.68. The van der Waals surface area contributed by atoms with Crippen LogP contribution in [0.2, 0.25) is 0 Å². The van der Waals surface area contributed by atoms with E-state index in [2.05, 4.69) is 25.7 Å². The molecule has 0 saturated carbocycles. The zero-order valence-electron chi connectivity index (χ0n) is 19.3. The molecule has 0 unspecified atom stereocenters. The van der Waals surface area contributed by atoms with E-state index in [1.54, 1.807) is 0 Å². The van der Waals surface area contributed by atoms with Gasteiger partial charge in [0.2, 0.25) is 0 Å². The Labute approximate surface area is 173 Å². The monoisotopic (exact) mass is 376 g/mol. The lowest BCUT2D eigenvalue weighted by Gasteiger charge is -2.03. The molecular weight excluding hydrogens is 324 g/mol.